The molecule has 1 aliphatic heterocycles. The smallest absolute Gasteiger partial charge is 0.325 e. The molecule has 0 spiro atoms. The Hall–Kier alpha value is -2.65. The van der Waals surface area contributed by atoms with Gasteiger partial charge >= 0.3 is 11.3 Å². The van der Waals surface area contributed by atoms with Gasteiger partial charge in [0.1, 0.15) is 5.75 Å². The van der Waals surface area contributed by atoms with Crippen molar-refractivity contribution in [3.63, 3.8) is 0 Å². The molecule has 4 rings (SSSR count). The van der Waals surface area contributed by atoms with Gasteiger partial charge in [0.2, 0.25) is 11.1 Å². The van der Waals surface area contributed by atoms with Crippen LogP contribution in [-0.2, 0) is 4.79 Å². The molecule has 7 nitrogen and oxygen atoms in total. The summed E-state index contributed by atoms with van der Waals surface area (Å²) >= 11 is 4.88. The van der Waals surface area contributed by atoms with Gasteiger partial charge in [-0.15, -0.1) is 0 Å². The molecule has 9 heteroatoms. The number of benzene rings is 2. The maximum absolute atomic E-state index is 13.3. The number of amides is 1. The van der Waals surface area contributed by atoms with Gasteiger partial charge in [-0.05, 0) is 48.2 Å². The molecule has 1 aliphatic rings. The Bertz CT molecular complexity index is 1210. The Labute approximate surface area is 192 Å². The predicted molar refractivity (Wildman–Crippen MR) is 123 cm³/mol. The van der Waals surface area contributed by atoms with Crippen molar-refractivity contribution in [2.24, 2.45) is 0 Å². The number of nitrogens with one attached hydrogen (secondary N) is 1. The van der Waals surface area contributed by atoms with Gasteiger partial charge in [0.25, 0.3) is 6.17 Å². The third-order valence-electron chi connectivity index (χ3n) is 5.07. The molecule has 2 heterocycles. The SMILES string of the molecule is CCOc1ccc(Br)cc1[C@@H]1N(C(=O)CC)c2ccccc2-c2c(=O)[nH]c(SC)n[n+]21. The van der Waals surface area contributed by atoms with E-state index in [2.05, 4.69) is 20.9 Å². The third kappa shape index (κ3) is 3.76. The summed E-state index contributed by atoms with van der Waals surface area (Å²) in [6.07, 6.45) is 1.47. The number of nitrogens with zero attached hydrogens (tertiary/aromatic N) is 3. The maximum atomic E-state index is 13.3. The second-order valence-corrected chi connectivity index (χ2v) is 8.59. The molecule has 0 bridgehead atoms. The minimum Gasteiger partial charge on any atom is -0.493 e. The van der Waals surface area contributed by atoms with E-state index in [1.54, 1.807) is 9.58 Å². The lowest BCUT2D eigenvalue weighted by molar-refractivity contribution is -0.763. The zero-order valence-corrected chi connectivity index (χ0v) is 19.8. The number of fused-ring (bicyclic) bond motifs is 3. The molecular formula is C22H22BrN4O3S+. The van der Waals surface area contributed by atoms with Crippen LogP contribution in [0.2, 0.25) is 0 Å². The number of anilines is 1. The lowest BCUT2D eigenvalue weighted by Crippen LogP contribution is -2.61. The van der Waals surface area contributed by atoms with Crippen molar-refractivity contribution in [2.75, 3.05) is 17.8 Å². The number of aromatic amines is 1. The number of aromatic nitrogens is 3. The van der Waals surface area contributed by atoms with E-state index in [0.29, 0.717) is 40.9 Å². The number of H-pyrrole nitrogens is 1. The number of ether oxygens (including phenoxy) is 1. The van der Waals surface area contributed by atoms with E-state index in [1.165, 1.54) is 11.8 Å². The lowest BCUT2D eigenvalue weighted by atomic mass is 10.0. The quantitative estimate of drug-likeness (QED) is 0.423. The van der Waals surface area contributed by atoms with Gasteiger partial charge in [-0.1, -0.05) is 46.7 Å². The second kappa shape index (κ2) is 8.84. The number of hydrogen-bond donors (Lipinski definition) is 1. The number of para-hydroxylation sites is 1. The zero-order chi connectivity index (χ0) is 22.1. The lowest BCUT2D eigenvalue weighted by Gasteiger charge is -2.32. The van der Waals surface area contributed by atoms with Crippen LogP contribution in [0.3, 0.4) is 0 Å². The van der Waals surface area contributed by atoms with Gasteiger partial charge in [-0.3, -0.25) is 14.6 Å². The highest BCUT2D eigenvalue weighted by Gasteiger charge is 2.46. The molecule has 1 N–H and O–H groups in total. The third-order valence-corrected chi connectivity index (χ3v) is 6.14. The summed E-state index contributed by atoms with van der Waals surface area (Å²) in [4.78, 5) is 30.9. The van der Waals surface area contributed by atoms with Crippen molar-refractivity contribution in [2.45, 2.75) is 31.6 Å². The highest BCUT2D eigenvalue weighted by atomic mass is 79.9. The van der Waals surface area contributed by atoms with E-state index in [-0.39, 0.29) is 11.5 Å². The topological polar surface area (TPSA) is 79.2 Å². The first-order valence-corrected chi connectivity index (χ1v) is 12.0. The monoisotopic (exact) mass is 501 g/mol. The molecule has 0 aliphatic carbocycles. The van der Waals surface area contributed by atoms with E-state index in [4.69, 9.17) is 9.84 Å². The summed E-state index contributed by atoms with van der Waals surface area (Å²) in [5, 5.41) is 5.17. The summed E-state index contributed by atoms with van der Waals surface area (Å²) in [6, 6.07) is 13.1. The summed E-state index contributed by atoms with van der Waals surface area (Å²) in [5.41, 5.74) is 2.22. The molecule has 160 valence electrons. The van der Waals surface area contributed by atoms with Crippen molar-refractivity contribution >= 4 is 39.3 Å². The van der Waals surface area contributed by atoms with Crippen LogP contribution < -0.4 is 19.9 Å². The average Bonchev–Trinajstić information content (AvgIpc) is 2.78. The Morgan fingerprint density at radius 3 is 2.77 bits per heavy atom. The van der Waals surface area contributed by atoms with Gasteiger partial charge in [-0.2, -0.15) is 0 Å². The highest BCUT2D eigenvalue weighted by Crippen LogP contribution is 2.40. The average molecular weight is 502 g/mol. The van der Waals surface area contributed by atoms with Crippen molar-refractivity contribution < 1.29 is 14.2 Å². The molecule has 2 aromatic carbocycles. The Morgan fingerprint density at radius 1 is 1.29 bits per heavy atom. The Balaban J connectivity index is 2.11. The largest absolute Gasteiger partial charge is 0.493 e. The molecule has 1 aromatic heterocycles. The number of halogens is 1. The van der Waals surface area contributed by atoms with Gasteiger partial charge in [0, 0.05) is 16.0 Å². The first-order chi connectivity index (χ1) is 15.0. The van der Waals surface area contributed by atoms with Crippen molar-refractivity contribution in [3.8, 4) is 17.0 Å². The standard InChI is InChI=1S/C22H21BrN4O3S/c1-4-18(28)26-16-9-7-6-8-14(16)19-20(29)24-22(31-3)25-27(19)21(26)15-12-13(23)10-11-17(15)30-5-2/h6-12,21H,4-5H2,1-3H3/p+1/t21-/m1/s1. The first-order valence-electron chi connectivity index (χ1n) is 9.94. The zero-order valence-electron chi connectivity index (χ0n) is 17.4. The van der Waals surface area contributed by atoms with Crippen LogP contribution in [0.25, 0.3) is 11.3 Å². The fourth-order valence-electron chi connectivity index (χ4n) is 3.79. The molecule has 3 aromatic rings. The minimum absolute atomic E-state index is 0.0780. The summed E-state index contributed by atoms with van der Waals surface area (Å²) in [5.74, 6) is 0.557. The van der Waals surface area contributed by atoms with Crippen molar-refractivity contribution in [1.29, 1.82) is 0 Å². The fraction of sp³-hybridized carbons (Fsp3) is 0.273. The van der Waals surface area contributed by atoms with Crippen LogP contribution in [-0.4, -0.2) is 28.9 Å². The van der Waals surface area contributed by atoms with Crippen LogP contribution in [0.1, 0.15) is 32.0 Å². The maximum Gasteiger partial charge on any atom is 0.325 e. The summed E-state index contributed by atoms with van der Waals surface area (Å²) < 4.78 is 8.39. The second-order valence-electron chi connectivity index (χ2n) is 6.88. The van der Waals surface area contributed by atoms with Crippen molar-refractivity contribution in [3.05, 3.63) is 62.9 Å². The Morgan fingerprint density at radius 2 is 2.06 bits per heavy atom. The normalized spacial score (nSPS) is 14.7. The van der Waals surface area contributed by atoms with Gasteiger partial charge in [0.05, 0.1) is 23.4 Å². The minimum atomic E-state index is -0.676. The number of hydrogen-bond acceptors (Lipinski definition) is 5. The van der Waals surface area contributed by atoms with E-state index >= 15 is 0 Å². The van der Waals surface area contributed by atoms with Crippen LogP contribution in [0.4, 0.5) is 5.69 Å². The van der Waals surface area contributed by atoms with E-state index < -0.39 is 6.17 Å². The fourth-order valence-corrected chi connectivity index (χ4v) is 4.54. The van der Waals surface area contributed by atoms with E-state index in [0.717, 1.165) is 10.0 Å². The highest BCUT2D eigenvalue weighted by molar-refractivity contribution is 9.10. The van der Waals surface area contributed by atoms with Crippen LogP contribution in [0.5, 0.6) is 5.75 Å². The molecule has 1 amide bonds. The van der Waals surface area contributed by atoms with Crippen LogP contribution in [0.15, 0.2) is 56.9 Å². The molecule has 0 saturated carbocycles. The number of thioether (sulfide) groups is 1. The molecule has 0 fully saturated rings. The number of carbonyl (C=O) groups excluding carboxylic acids is 1. The number of rotatable bonds is 5. The molecule has 31 heavy (non-hydrogen) atoms. The molecule has 0 saturated heterocycles. The van der Waals surface area contributed by atoms with Crippen LogP contribution in [0, 0.1) is 0 Å². The van der Waals surface area contributed by atoms with E-state index in [1.807, 2.05) is 62.6 Å². The molecule has 1 atom stereocenters. The summed E-state index contributed by atoms with van der Waals surface area (Å²) in [6.45, 7) is 4.20. The van der Waals surface area contributed by atoms with Gasteiger partial charge in [-0.25, -0.2) is 4.90 Å². The molecule has 0 radical (unpaired) electrons. The summed E-state index contributed by atoms with van der Waals surface area (Å²) in [7, 11) is 0. The van der Waals surface area contributed by atoms with Gasteiger partial charge in [0.15, 0.2) is 0 Å². The Kier molecular flexibility index (Phi) is 6.15. The molecule has 0 unspecified atom stereocenters. The first kappa shape index (κ1) is 21.6. The predicted octanol–water partition coefficient (Wildman–Crippen LogP) is 3.91. The molecular weight excluding hydrogens is 480 g/mol. The van der Waals surface area contributed by atoms with Crippen LogP contribution >= 0.6 is 27.7 Å². The van der Waals surface area contributed by atoms with Crippen molar-refractivity contribution in [1.82, 2.24) is 10.1 Å². The van der Waals surface area contributed by atoms with Gasteiger partial charge < -0.3 is 4.74 Å². The van der Waals surface area contributed by atoms with E-state index in [9.17, 15) is 9.59 Å². The number of carbonyl (C=O) groups is 1.